The molecule has 114 valence electrons. The third kappa shape index (κ3) is 3.54. The van der Waals surface area contributed by atoms with Crippen molar-refractivity contribution in [1.82, 2.24) is 10.2 Å². The van der Waals surface area contributed by atoms with Crippen molar-refractivity contribution >= 4 is 11.8 Å². The van der Waals surface area contributed by atoms with Gasteiger partial charge in [0.1, 0.15) is 11.8 Å². The molecule has 1 aliphatic heterocycles. The van der Waals surface area contributed by atoms with Crippen molar-refractivity contribution in [3.8, 4) is 5.75 Å². The van der Waals surface area contributed by atoms with Crippen molar-refractivity contribution in [2.45, 2.75) is 38.3 Å². The number of para-hydroxylation sites is 1. The molecular weight excluding hydrogens is 268 g/mol. The lowest BCUT2D eigenvalue weighted by Gasteiger charge is -2.28. The van der Waals surface area contributed by atoms with Crippen LogP contribution in [0.25, 0.3) is 0 Å². The highest BCUT2D eigenvalue weighted by Crippen LogP contribution is 2.21. The van der Waals surface area contributed by atoms with Gasteiger partial charge in [0.15, 0.2) is 0 Å². The number of likely N-dealkylation sites (N-methyl/N-ethyl adjacent to an activating group) is 1. The largest absolute Gasteiger partial charge is 0.496 e. The number of nitrogens with zero attached hydrogens (tertiary/aromatic N) is 1. The Bertz CT molecular complexity index is 530. The lowest BCUT2D eigenvalue weighted by molar-refractivity contribution is -0.134. The SMILES string of the molecule is COc1ccccc1CC(C)N(C)C(=O)[C@H]1CCC(=O)N1. The molecule has 1 aromatic carbocycles. The Labute approximate surface area is 125 Å². The summed E-state index contributed by atoms with van der Waals surface area (Å²) in [5, 5.41) is 2.72. The summed E-state index contributed by atoms with van der Waals surface area (Å²) in [7, 11) is 3.43. The fourth-order valence-electron chi connectivity index (χ4n) is 2.59. The van der Waals surface area contributed by atoms with Gasteiger partial charge in [0.25, 0.3) is 0 Å². The second-order valence-electron chi connectivity index (χ2n) is 5.47. The molecule has 0 radical (unpaired) electrons. The Hall–Kier alpha value is -2.04. The quantitative estimate of drug-likeness (QED) is 0.891. The maximum atomic E-state index is 12.4. The molecule has 0 aromatic heterocycles. The second-order valence-corrected chi connectivity index (χ2v) is 5.47. The van der Waals surface area contributed by atoms with Gasteiger partial charge in [-0.15, -0.1) is 0 Å². The first-order valence-corrected chi connectivity index (χ1v) is 7.21. The van der Waals surface area contributed by atoms with Crippen molar-refractivity contribution in [3.05, 3.63) is 29.8 Å². The molecule has 5 nitrogen and oxygen atoms in total. The fraction of sp³-hybridized carbons (Fsp3) is 0.500. The molecule has 1 saturated heterocycles. The van der Waals surface area contributed by atoms with E-state index in [0.29, 0.717) is 19.3 Å². The summed E-state index contributed by atoms with van der Waals surface area (Å²) in [5.74, 6) is 0.766. The van der Waals surface area contributed by atoms with Gasteiger partial charge in [-0.2, -0.15) is 0 Å². The molecule has 1 aliphatic rings. The Balaban J connectivity index is 2.00. The summed E-state index contributed by atoms with van der Waals surface area (Å²) in [6.45, 7) is 2.00. The Morgan fingerprint density at radius 1 is 1.48 bits per heavy atom. The number of carbonyl (C=O) groups is 2. The minimum atomic E-state index is -0.373. The van der Waals surface area contributed by atoms with Crippen LogP contribution in [0, 0.1) is 0 Å². The summed E-state index contributed by atoms with van der Waals surface area (Å²) >= 11 is 0. The van der Waals surface area contributed by atoms with E-state index in [1.807, 2.05) is 31.2 Å². The number of rotatable bonds is 5. The number of nitrogens with one attached hydrogen (secondary N) is 1. The smallest absolute Gasteiger partial charge is 0.245 e. The molecule has 2 rings (SSSR count). The monoisotopic (exact) mass is 290 g/mol. The number of methoxy groups -OCH3 is 1. The van der Waals surface area contributed by atoms with E-state index in [2.05, 4.69) is 5.32 Å². The molecule has 0 aliphatic carbocycles. The van der Waals surface area contributed by atoms with Crippen LogP contribution in [0.4, 0.5) is 0 Å². The number of hydrogen-bond acceptors (Lipinski definition) is 3. The van der Waals surface area contributed by atoms with E-state index in [0.717, 1.165) is 11.3 Å². The Morgan fingerprint density at radius 3 is 2.81 bits per heavy atom. The zero-order valence-corrected chi connectivity index (χ0v) is 12.8. The second kappa shape index (κ2) is 6.61. The molecule has 2 atom stereocenters. The normalized spacial score (nSPS) is 19.0. The summed E-state index contributed by atoms with van der Waals surface area (Å²) in [6, 6.07) is 7.47. The molecule has 21 heavy (non-hydrogen) atoms. The van der Waals surface area contributed by atoms with Gasteiger partial charge in [-0.3, -0.25) is 9.59 Å². The minimum Gasteiger partial charge on any atom is -0.496 e. The van der Waals surface area contributed by atoms with Gasteiger partial charge >= 0.3 is 0 Å². The van der Waals surface area contributed by atoms with Crippen molar-refractivity contribution in [1.29, 1.82) is 0 Å². The molecule has 1 unspecified atom stereocenters. The van der Waals surface area contributed by atoms with E-state index in [1.165, 1.54) is 0 Å². The first-order valence-electron chi connectivity index (χ1n) is 7.21. The van der Waals surface area contributed by atoms with E-state index in [4.69, 9.17) is 4.74 Å². The summed E-state index contributed by atoms with van der Waals surface area (Å²) in [6.07, 6.45) is 1.74. The van der Waals surface area contributed by atoms with Crippen LogP contribution in [-0.2, 0) is 16.0 Å². The zero-order valence-electron chi connectivity index (χ0n) is 12.8. The van der Waals surface area contributed by atoms with Crippen molar-refractivity contribution in [3.63, 3.8) is 0 Å². The number of amides is 2. The van der Waals surface area contributed by atoms with Crippen molar-refractivity contribution in [2.24, 2.45) is 0 Å². The van der Waals surface area contributed by atoms with E-state index >= 15 is 0 Å². The molecule has 2 amide bonds. The predicted octanol–water partition coefficient (Wildman–Crippen LogP) is 1.36. The van der Waals surface area contributed by atoms with Gasteiger partial charge in [0.05, 0.1) is 7.11 Å². The van der Waals surface area contributed by atoms with Gasteiger partial charge in [0, 0.05) is 19.5 Å². The van der Waals surface area contributed by atoms with Gasteiger partial charge < -0.3 is 15.0 Å². The van der Waals surface area contributed by atoms with Crippen LogP contribution in [0.5, 0.6) is 5.75 Å². The first kappa shape index (κ1) is 15.4. The van der Waals surface area contributed by atoms with E-state index in [9.17, 15) is 9.59 Å². The highest BCUT2D eigenvalue weighted by molar-refractivity contribution is 5.90. The van der Waals surface area contributed by atoms with Gasteiger partial charge in [-0.1, -0.05) is 18.2 Å². The topological polar surface area (TPSA) is 58.6 Å². The maximum absolute atomic E-state index is 12.4. The van der Waals surface area contributed by atoms with Gasteiger partial charge in [0.2, 0.25) is 11.8 Å². The van der Waals surface area contributed by atoms with Gasteiger partial charge in [-0.05, 0) is 31.4 Å². The van der Waals surface area contributed by atoms with Crippen LogP contribution in [0.3, 0.4) is 0 Å². The molecule has 0 saturated carbocycles. The predicted molar refractivity (Wildman–Crippen MR) is 80.1 cm³/mol. The van der Waals surface area contributed by atoms with Crippen LogP contribution >= 0.6 is 0 Å². The van der Waals surface area contributed by atoms with Crippen LogP contribution in [0.2, 0.25) is 0 Å². The number of benzene rings is 1. The van der Waals surface area contributed by atoms with E-state index in [-0.39, 0.29) is 23.9 Å². The number of carbonyl (C=O) groups excluding carboxylic acids is 2. The summed E-state index contributed by atoms with van der Waals surface area (Å²) < 4.78 is 5.34. The third-order valence-electron chi connectivity index (χ3n) is 4.01. The van der Waals surface area contributed by atoms with Crippen LogP contribution in [-0.4, -0.2) is 43.0 Å². The molecule has 5 heteroatoms. The van der Waals surface area contributed by atoms with Crippen LogP contribution in [0.15, 0.2) is 24.3 Å². The van der Waals surface area contributed by atoms with E-state index in [1.54, 1.807) is 19.1 Å². The van der Waals surface area contributed by atoms with Crippen molar-refractivity contribution < 1.29 is 14.3 Å². The zero-order chi connectivity index (χ0) is 15.4. The number of hydrogen-bond donors (Lipinski definition) is 1. The highest BCUT2D eigenvalue weighted by Gasteiger charge is 2.31. The summed E-state index contributed by atoms with van der Waals surface area (Å²) in [5.41, 5.74) is 1.07. The first-order chi connectivity index (χ1) is 10.0. The lowest BCUT2D eigenvalue weighted by atomic mass is 10.0. The Kier molecular flexibility index (Phi) is 4.83. The Morgan fingerprint density at radius 2 is 2.19 bits per heavy atom. The van der Waals surface area contributed by atoms with Crippen molar-refractivity contribution in [2.75, 3.05) is 14.2 Å². The van der Waals surface area contributed by atoms with Gasteiger partial charge in [-0.25, -0.2) is 0 Å². The van der Waals surface area contributed by atoms with Crippen LogP contribution in [0.1, 0.15) is 25.3 Å². The molecule has 1 heterocycles. The summed E-state index contributed by atoms with van der Waals surface area (Å²) in [4.78, 5) is 25.3. The molecule has 0 bridgehead atoms. The fourth-order valence-corrected chi connectivity index (χ4v) is 2.59. The molecular formula is C16H22N2O3. The lowest BCUT2D eigenvalue weighted by Crippen LogP contribution is -2.46. The van der Waals surface area contributed by atoms with E-state index < -0.39 is 0 Å². The average molecular weight is 290 g/mol. The standard InChI is InChI=1S/C16H22N2O3/c1-11(10-12-6-4-5-7-14(12)21-3)18(2)16(20)13-8-9-15(19)17-13/h4-7,11,13H,8-10H2,1-3H3,(H,17,19)/t11?,13-/m1/s1. The number of ether oxygens (including phenoxy) is 1. The minimum absolute atomic E-state index is 0.0248. The maximum Gasteiger partial charge on any atom is 0.245 e. The molecule has 1 fully saturated rings. The molecule has 1 N–H and O–H groups in total. The molecule has 0 spiro atoms. The third-order valence-corrected chi connectivity index (χ3v) is 4.01. The van der Waals surface area contributed by atoms with Crippen LogP contribution < -0.4 is 10.1 Å². The average Bonchev–Trinajstić information content (AvgIpc) is 2.92. The highest BCUT2D eigenvalue weighted by atomic mass is 16.5. The molecule has 1 aromatic rings.